The summed E-state index contributed by atoms with van der Waals surface area (Å²) in [7, 11) is 1.66. The molecule has 1 unspecified atom stereocenters. The molecule has 4 nitrogen and oxygen atoms in total. The van der Waals surface area contributed by atoms with E-state index in [9.17, 15) is 4.79 Å². The molecular formula is C18H27FN2O2. The molecule has 23 heavy (non-hydrogen) atoms. The van der Waals surface area contributed by atoms with Crippen molar-refractivity contribution in [3.63, 3.8) is 0 Å². The normalized spacial score (nSPS) is 21.0. The number of likely N-dealkylation sites (tertiary alicyclic amines) is 1. The van der Waals surface area contributed by atoms with Crippen molar-refractivity contribution in [2.24, 2.45) is 11.7 Å². The van der Waals surface area contributed by atoms with E-state index in [4.69, 9.17) is 10.5 Å². The lowest BCUT2D eigenvalue weighted by Gasteiger charge is -2.40. The van der Waals surface area contributed by atoms with E-state index in [0.29, 0.717) is 31.7 Å². The van der Waals surface area contributed by atoms with Crippen LogP contribution in [0.4, 0.5) is 9.18 Å². The predicted molar refractivity (Wildman–Crippen MR) is 88.8 cm³/mol. The first-order valence-corrected chi connectivity index (χ1v) is 8.35. The van der Waals surface area contributed by atoms with Crippen LogP contribution in [-0.4, -0.2) is 37.7 Å². The topological polar surface area (TPSA) is 55.6 Å². The van der Waals surface area contributed by atoms with Gasteiger partial charge >= 0.3 is 6.03 Å². The van der Waals surface area contributed by atoms with Gasteiger partial charge in [-0.1, -0.05) is 30.3 Å². The Balaban J connectivity index is 2.17. The number of alkyl halides is 1. The summed E-state index contributed by atoms with van der Waals surface area (Å²) in [5, 5.41) is 0. The maximum absolute atomic E-state index is 16.1. The molecular weight excluding hydrogens is 295 g/mol. The largest absolute Gasteiger partial charge is 0.385 e. The van der Waals surface area contributed by atoms with E-state index >= 15 is 4.39 Å². The zero-order chi connectivity index (χ0) is 16.7. The minimum absolute atomic E-state index is 0.214. The molecule has 1 fully saturated rings. The number of hydrogen-bond acceptors (Lipinski definition) is 2. The molecule has 2 amide bonds. The third-order valence-electron chi connectivity index (χ3n) is 4.77. The number of piperidine rings is 1. The number of halogens is 1. The summed E-state index contributed by atoms with van der Waals surface area (Å²) in [4.78, 5) is 13.0. The Morgan fingerprint density at radius 2 is 2.13 bits per heavy atom. The quantitative estimate of drug-likeness (QED) is 0.782. The van der Waals surface area contributed by atoms with E-state index in [-0.39, 0.29) is 5.92 Å². The minimum atomic E-state index is -1.43. The van der Waals surface area contributed by atoms with Crippen LogP contribution in [0.3, 0.4) is 0 Å². The van der Waals surface area contributed by atoms with Gasteiger partial charge in [-0.05, 0) is 37.7 Å². The average Bonchev–Trinajstić information content (AvgIpc) is 2.59. The third kappa shape index (κ3) is 4.44. The molecule has 2 atom stereocenters. The number of ether oxygens (including phenoxy) is 1. The molecule has 0 bridgehead atoms. The number of unbranched alkanes of at least 4 members (excludes halogenated alkanes) is 1. The van der Waals surface area contributed by atoms with E-state index in [1.165, 1.54) is 0 Å². The van der Waals surface area contributed by atoms with Crippen LogP contribution in [0.1, 0.15) is 37.7 Å². The summed E-state index contributed by atoms with van der Waals surface area (Å²) >= 11 is 0. The summed E-state index contributed by atoms with van der Waals surface area (Å²) < 4.78 is 21.1. The molecule has 5 heteroatoms. The molecule has 1 aliphatic rings. The highest BCUT2D eigenvalue weighted by Gasteiger charge is 2.42. The molecule has 1 heterocycles. The molecule has 2 rings (SSSR count). The standard InChI is InChI=1S/C18H27FN2O2/c1-23-13-6-5-11-18(19,15-8-3-2-4-9-15)16-10-7-12-21(14-16)17(20)22/h2-4,8-9,16H,5-7,10-14H2,1H3,(H2,20,22)/t16?,18-/m1/s1. The van der Waals surface area contributed by atoms with Gasteiger partial charge < -0.3 is 15.4 Å². The van der Waals surface area contributed by atoms with Crippen LogP contribution >= 0.6 is 0 Å². The molecule has 1 saturated heterocycles. The lowest BCUT2D eigenvalue weighted by atomic mass is 9.75. The zero-order valence-electron chi connectivity index (χ0n) is 13.8. The Morgan fingerprint density at radius 3 is 2.78 bits per heavy atom. The first-order valence-electron chi connectivity index (χ1n) is 8.35. The van der Waals surface area contributed by atoms with Gasteiger partial charge in [0.05, 0.1) is 0 Å². The summed E-state index contributed by atoms with van der Waals surface area (Å²) in [5.74, 6) is -0.214. The number of urea groups is 1. The van der Waals surface area contributed by atoms with E-state index in [2.05, 4.69) is 0 Å². The summed E-state index contributed by atoms with van der Waals surface area (Å²) in [6.45, 7) is 1.66. The van der Waals surface area contributed by atoms with Crippen LogP contribution in [0.15, 0.2) is 30.3 Å². The number of nitrogens with two attached hydrogens (primary N) is 1. The maximum atomic E-state index is 16.1. The second-order valence-electron chi connectivity index (χ2n) is 6.30. The molecule has 0 radical (unpaired) electrons. The van der Waals surface area contributed by atoms with Crippen molar-refractivity contribution in [2.75, 3.05) is 26.8 Å². The van der Waals surface area contributed by atoms with Gasteiger partial charge in [-0.2, -0.15) is 0 Å². The van der Waals surface area contributed by atoms with Crippen molar-refractivity contribution in [1.82, 2.24) is 4.90 Å². The number of amides is 2. The number of methoxy groups -OCH3 is 1. The highest BCUT2D eigenvalue weighted by molar-refractivity contribution is 5.72. The third-order valence-corrected chi connectivity index (χ3v) is 4.77. The second kappa shape index (κ2) is 8.29. The Hall–Kier alpha value is -1.62. The Bertz CT molecular complexity index is 497. The molecule has 1 aromatic carbocycles. The minimum Gasteiger partial charge on any atom is -0.385 e. The Kier molecular flexibility index (Phi) is 6.39. The monoisotopic (exact) mass is 322 g/mol. The number of carbonyl (C=O) groups excluding carboxylic acids is 1. The maximum Gasteiger partial charge on any atom is 0.314 e. The summed E-state index contributed by atoms with van der Waals surface area (Å²) in [6.07, 6.45) is 3.61. The van der Waals surface area contributed by atoms with Gasteiger partial charge in [0, 0.05) is 32.7 Å². The fraction of sp³-hybridized carbons (Fsp3) is 0.611. The molecule has 1 aliphatic heterocycles. The zero-order valence-corrected chi connectivity index (χ0v) is 13.8. The lowest BCUT2D eigenvalue weighted by molar-refractivity contribution is 0.0222. The number of rotatable bonds is 7. The van der Waals surface area contributed by atoms with Crippen molar-refractivity contribution in [1.29, 1.82) is 0 Å². The highest BCUT2D eigenvalue weighted by Crippen LogP contribution is 2.43. The van der Waals surface area contributed by atoms with Crippen LogP contribution in [0.25, 0.3) is 0 Å². The molecule has 2 N–H and O–H groups in total. The highest BCUT2D eigenvalue weighted by atomic mass is 19.1. The van der Waals surface area contributed by atoms with Crippen LogP contribution in [0.5, 0.6) is 0 Å². The second-order valence-corrected chi connectivity index (χ2v) is 6.30. The summed E-state index contributed by atoms with van der Waals surface area (Å²) in [6, 6.07) is 8.87. The molecule has 0 saturated carbocycles. The van der Waals surface area contributed by atoms with Crippen molar-refractivity contribution in [2.45, 2.75) is 37.8 Å². The average molecular weight is 322 g/mol. The Morgan fingerprint density at radius 1 is 1.39 bits per heavy atom. The van der Waals surface area contributed by atoms with E-state index in [1.54, 1.807) is 12.0 Å². The van der Waals surface area contributed by atoms with Crippen LogP contribution in [-0.2, 0) is 10.4 Å². The van der Waals surface area contributed by atoms with Crippen LogP contribution in [0, 0.1) is 5.92 Å². The molecule has 128 valence electrons. The fourth-order valence-electron chi connectivity index (χ4n) is 3.48. The SMILES string of the molecule is COCCCC[C@@](F)(c1ccccc1)C1CCCN(C(N)=O)C1. The van der Waals surface area contributed by atoms with Gasteiger partial charge in [-0.3, -0.25) is 0 Å². The van der Waals surface area contributed by atoms with E-state index in [0.717, 1.165) is 25.7 Å². The van der Waals surface area contributed by atoms with Gasteiger partial charge in [0.25, 0.3) is 0 Å². The first kappa shape index (κ1) is 17.7. The number of hydrogen-bond donors (Lipinski definition) is 1. The van der Waals surface area contributed by atoms with E-state index < -0.39 is 11.7 Å². The predicted octanol–water partition coefficient (Wildman–Crippen LogP) is 3.46. The Labute approximate surface area is 137 Å². The number of primary amides is 1. The van der Waals surface area contributed by atoms with Crippen LogP contribution < -0.4 is 5.73 Å². The molecule has 0 spiro atoms. The first-order chi connectivity index (χ1) is 11.1. The molecule has 1 aromatic rings. The van der Waals surface area contributed by atoms with Gasteiger partial charge in [0.1, 0.15) is 5.67 Å². The van der Waals surface area contributed by atoms with Crippen molar-refractivity contribution < 1.29 is 13.9 Å². The van der Waals surface area contributed by atoms with Crippen molar-refractivity contribution in [3.8, 4) is 0 Å². The number of carbonyl (C=O) groups is 1. The van der Waals surface area contributed by atoms with E-state index in [1.807, 2.05) is 30.3 Å². The van der Waals surface area contributed by atoms with Crippen LogP contribution in [0.2, 0.25) is 0 Å². The number of nitrogens with zero attached hydrogens (tertiary/aromatic N) is 1. The van der Waals surface area contributed by atoms with Gasteiger partial charge in [-0.25, -0.2) is 9.18 Å². The van der Waals surface area contributed by atoms with Gasteiger partial charge in [0.2, 0.25) is 0 Å². The van der Waals surface area contributed by atoms with Gasteiger partial charge in [0.15, 0.2) is 0 Å². The summed E-state index contributed by atoms with van der Waals surface area (Å²) in [5.41, 5.74) is 4.67. The molecule has 0 aliphatic carbocycles. The van der Waals surface area contributed by atoms with Gasteiger partial charge in [-0.15, -0.1) is 0 Å². The van der Waals surface area contributed by atoms with Crippen molar-refractivity contribution in [3.05, 3.63) is 35.9 Å². The number of benzene rings is 1. The molecule has 0 aromatic heterocycles. The lowest BCUT2D eigenvalue weighted by Crippen LogP contribution is -2.48. The fourth-order valence-corrected chi connectivity index (χ4v) is 3.48. The van der Waals surface area contributed by atoms with Crippen molar-refractivity contribution >= 4 is 6.03 Å². The smallest absolute Gasteiger partial charge is 0.314 e.